The second-order valence-electron chi connectivity index (χ2n) is 4.35. The minimum Gasteiger partial charge on any atom is -0.409 e. The van der Waals surface area contributed by atoms with Gasteiger partial charge in [0, 0.05) is 25.9 Å². The summed E-state index contributed by atoms with van der Waals surface area (Å²) in [6.07, 6.45) is 2.99. The number of hydrogen-bond acceptors (Lipinski definition) is 3. The van der Waals surface area contributed by atoms with Gasteiger partial charge in [-0.05, 0) is 18.8 Å². The van der Waals surface area contributed by atoms with Gasteiger partial charge in [0.15, 0.2) is 0 Å². The van der Waals surface area contributed by atoms with E-state index in [9.17, 15) is 4.79 Å². The Hall–Kier alpha value is -1.26. The van der Waals surface area contributed by atoms with Crippen molar-refractivity contribution in [3.05, 3.63) is 0 Å². The molecule has 0 radical (unpaired) electrons. The molecular formula is C10H19N3O2. The molecule has 3 N–H and O–H groups in total. The molecule has 1 unspecified atom stereocenters. The first-order valence-corrected chi connectivity index (χ1v) is 5.26. The molecule has 1 rings (SSSR count). The number of rotatable bonds is 5. The number of nitrogens with two attached hydrogens (primary N) is 1. The van der Waals surface area contributed by atoms with Crippen molar-refractivity contribution in [2.45, 2.75) is 26.2 Å². The third-order valence-electron chi connectivity index (χ3n) is 2.75. The first kappa shape index (κ1) is 11.8. The predicted molar refractivity (Wildman–Crippen MR) is 57.6 cm³/mol. The molecule has 5 heteroatoms. The quantitative estimate of drug-likeness (QED) is 0.304. The van der Waals surface area contributed by atoms with Crippen LogP contribution in [0.2, 0.25) is 0 Å². The van der Waals surface area contributed by atoms with E-state index in [1.54, 1.807) is 11.9 Å². The highest BCUT2D eigenvalue weighted by Gasteiger charge is 2.26. The van der Waals surface area contributed by atoms with Crippen molar-refractivity contribution in [2.24, 2.45) is 22.7 Å². The number of amidine groups is 1. The van der Waals surface area contributed by atoms with Crippen molar-refractivity contribution in [2.75, 3.05) is 13.6 Å². The topological polar surface area (TPSA) is 78.9 Å². The van der Waals surface area contributed by atoms with Gasteiger partial charge in [0.2, 0.25) is 5.91 Å². The number of carbonyl (C=O) groups is 1. The summed E-state index contributed by atoms with van der Waals surface area (Å²) < 4.78 is 0. The molecule has 1 atom stereocenters. The predicted octanol–water partition coefficient (Wildman–Crippen LogP) is 0.627. The number of amides is 1. The molecule has 0 spiro atoms. The van der Waals surface area contributed by atoms with E-state index in [4.69, 9.17) is 10.9 Å². The molecule has 1 fully saturated rings. The van der Waals surface area contributed by atoms with E-state index >= 15 is 0 Å². The lowest BCUT2D eigenvalue weighted by atomic mass is 10.1. The number of oxime groups is 1. The Labute approximate surface area is 89.9 Å². The molecule has 0 saturated heterocycles. The molecule has 1 aliphatic carbocycles. The van der Waals surface area contributed by atoms with E-state index in [-0.39, 0.29) is 17.7 Å². The Balaban J connectivity index is 2.32. The van der Waals surface area contributed by atoms with Crippen LogP contribution < -0.4 is 5.73 Å². The summed E-state index contributed by atoms with van der Waals surface area (Å²) >= 11 is 0. The van der Waals surface area contributed by atoms with Gasteiger partial charge in [0.05, 0.1) is 0 Å². The van der Waals surface area contributed by atoms with Crippen molar-refractivity contribution in [1.82, 2.24) is 4.90 Å². The van der Waals surface area contributed by atoms with Crippen molar-refractivity contribution < 1.29 is 10.0 Å². The van der Waals surface area contributed by atoms with Crippen LogP contribution in [0.3, 0.4) is 0 Å². The third kappa shape index (κ3) is 3.77. The largest absolute Gasteiger partial charge is 0.409 e. The summed E-state index contributed by atoms with van der Waals surface area (Å²) in [5, 5.41) is 11.4. The standard InChI is InChI=1S/C10H19N3O2/c1-7(10(11)12-15)6-13(2)9(14)5-8-3-4-8/h7-8,15H,3-6H2,1-2H3,(H2,11,12). The van der Waals surface area contributed by atoms with Gasteiger partial charge in [-0.2, -0.15) is 0 Å². The monoisotopic (exact) mass is 213 g/mol. The molecule has 0 aliphatic heterocycles. The molecule has 5 nitrogen and oxygen atoms in total. The average Bonchev–Trinajstić information content (AvgIpc) is 3.00. The van der Waals surface area contributed by atoms with Crippen LogP contribution in [-0.4, -0.2) is 35.4 Å². The molecule has 1 aliphatic rings. The van der Waals surface area contributed by atoms with Crippen LogP contribution in [0, 0.1) is 11.8 Å². The number of hydrogen-bond donors (Lipinski definition) is 2. The molecule has 1 saturated carbocycles. The first-order valence-electron chi connectivity index (χ1n) is 5.26. The highest BCUT2D eigenvalue weighted by molar-refractivity contribution is 5.83. The van der Waals surface area contributed by atoms with Crippen LogP contribution in [0.5, 0.6) is 0 Å². The van der Waals surface area contributed by atoms with Gasteiger partial charge in [-0.1, -0.05) is 12.1 Å². The zero-order chi connectivity index (χ0) is 11.4. The Bertz CT molecular complexity index is 261. The van der Waals surface area contributed by atoms with Crippen LogP contribution >= 0.6 is 0 Å². The molecule has 0 aromatic carbocycles. The molecule has 0 bridgehead atoms. The summed E-state index contributed by atoms with van der Waals surface area (Å²) in [5.41, 5.74) is 5.44. The third-order valence-corrected chi connectivity index (χ3v) is 2.75. The van der Waals surface area contributed by atoms with E-state index in [0.717, 1.165) is 0 Å². The Morgan fingerprint density at radius 1 is 1.67 bits per heavy atom. The van der Waals surface area contributed by atoms with Gasteiger partial charge in [0.25, 0.3) is 0 Å². The van der Waals surface area contributed by atoms with E-state index in [0.29, 0.717) is 18.9 Å². The summed E-state index contributed by atoms with van der Waals surface area (Å²) in [6, 6.07) is 0. The normalized spacial score (nSPS) is 18.7. The van der Waals surface area contributed by atoms with Gasteiger partial charge < -0.3 is 15.8 Å². The van der Waals surface area contributed by atoms with E-state index in [2.05, 4.69) is 5.16 Å². The van der Waals surface area contributed by atoms with Gasteiger partial charge in [-0.25, -0.2) is 0 Å². The maximum absolute atomic E-state index is 11.6. The molecular weight excluding hydrogens is 194 g/mol. The fourth-order valence-electron chi connectivity index (χ4n) is 1.43. The summed E-state index contributed by atoms with van der Waals surface area (Å²) in [6.45, 7) is 2.33. The second-order valence-corrected chi connectivity index (χ2v) is 4.35. The molecule has 0 aromatic rings. The minimum absolute atomic E-state index is 0.108. The average molecular weight is 213 g/mol. The Morgan fingerprint density at radius 3 is 2.73 bits per heavy atom. The lowest BCUT2D eigenvalue weighted by Gasteiger charge is -2.20. The van der Waals surface area contributed by atoms with Gasteiger partial charge in [0.1, 0.15) is 5.84 Å². The van der Waals surface area contributed by atoms with Gasteiger partial charge in [-0.15, -0.1) is 0 Å². The highest BCUT2D eigenvalue weighted by Crippen LogP contribution is 2.32. The zero-order valence-corrected chi connectivity index (χ0v) is 9.31. The first-order chi connectivity index (χ1) is 7.04. The number of carbonyl (C=O) groups excluding carboxylic acids is 1. The van der Waals surface area contributed by atoms with Crippen molar-refractivity contribution in [3.63, 3.8) is 0 Å². The van der Waals surface area contributed by atoms with Crippen LogP contribution in [0.15, 0.2) is 5.16 Å². The van der Waals surface area contributed by atoms with Crippen LogP contribution in [0.1, 0.15) is 26.2 Å². The molecule has 86 valence electrons. The maximum Gasteiger partial charge on any atom is 0.222 e. The molecule has 0 heterocycles. The molecule has 0 aromatic heterocycles. The van der Waals surface area contributed by atoms with Gasteiger partial charge >= 0.3 is 0 Å². The number of nitrogens with zero attached hydrogens (tertiary/aromatic N) is 2. The van der Waals surface area contributed by atoms with Crippen molar-refractivity contribution in [1.29, 1.82) is 0 Å². The lowest BCUT2D eigenvalue weighted by molar-refractivity contribution is -0.130. The highest BCUT2D eigenvalue weighted by atomic mass is 16.4. The summed E-state index contributed by atoms with van der Waals surface area (Å²) in [5.74, 6) is 0.804. The van der Waals surface area contributed by atoms with Crippen molar-refractivity contribution in [3.8, 4) is 0 Å². The van der Waals surface area contributed by atoms with E-state index < -0.39 is 0 Å². The maximum atomic E-state index is 11.6. The fraction of sp³-hybridized carbons (Fsp3) is 0.800. The van der Waals surface area contributed by atoms with Crippen LogP contribution in [-0.2, 0) is 4.79 Å². The van der Waals surface area contributed by atoms with E-state index in [1.807, 2.05) is 6.92 Å². The van der Waals surface area contributed by atoms with Gasteiger partial charge in [-0.3, -0.25) is 4.79 Å². The lowest BCUT2D eigenvalue weighted by Crippen LogP contribution is -2.36. The molecule has 1 amide bonds. The SMILES string of the molecule is CC(CN(C)C(=O)CC1CC1)C(N)=NO. The second kappa shape index (κ2) is 5.00. The minimum atomic E-state index is -0.108. The fourth-order valence-corrected chi connectivity index (χ4v) is 1.43. The zero-order valence-electron chi connectivity index (χ0n) is 9.31. The Kier molecular flexibility index (Phi) is 3.94. The summed E-state index contributed by atoms with van der Waals surface area (Å²) in [4.78, 5) is 13.3. The molecule has 15 heavy (non-hydrogen) atoms. The van der Waals surface area contributed by atoms with E-state index in [1.165, 1.54) is 12.8 Å². The van der Waals surface area contributed by atoms with Crippen molar-refractivity contribution >= 4 is 11.7 Å². The Morgan fingerprint density at radius 2 is 2.27 bits per heavy atom. The van der Waals surface area contributed by atoms with Crippen LogP contribution in [0.25, 0.3) is 0 Å². The summed E-state index contributed by atoms with van der Waals surface area (Å²) in [7, 11) is 1.76. The smallest absolute Gasteiger partial charge is 0.222 e. The van der Waals surface area contributed by atoms with Crippen LogP contribution in [0.4, 0.5) is 0 Å².